The van der Waals surface area contributed by atoms with Gasteiger partial charge in [-0.2, -0.15) is 0 Å². The molecular weight excluding hydrogens is 366 g/mol. The van der Waals surface area contributed by atoms with Gasteiger partial charge in [0, 0.05) is 23.4 Å². The van der Waals surface area contributed by atoms with Crippen LogP contribution in [0, 0.1) is 0 Å². The van der Waals surface area contributed by atoms with Gasteiger partial charge in [-0.25, -0.2) is 12.7 Å². The van der Waals surface area contributed by atoms with E-state index in [1.54, 1.807) is 18.5 Å². The fraction of sp³-hybridized carbons (Fsp3) is 0.500. The molecule has 1 aromatic rings. The van der Waals surface area contributed by atoms with Crippen molar-refractivity contribution in [1.29, 1.82) is 0 Å². The molecule has 0 aliphatic carbocycles. The van der Waals surface area contributed by atoms with Crippen LogP contribution in [-0.4, -0.2) is 31.6 Å². The summed E-state index contributed by atoms with van der Waals surface area (Å²) in [6.45, 7) is 0.526. The highest BCUT2D eigenvalue weighted by molar-refractivity contribution is 9.10. The molecule has 0 amide bonds. The summed E-state index contributed by atoms with van der Waals surface area (Å²) in [5.41, 5.74) is 0. The van der Waals surface area contributed by atoms with Gasteiger partial charge in [0.1, 0.15) is 4.21 Å². The standard InChI is InChI=1S/C8H11Br2NO2S2/c1-11(5-2-4-9)15(12,13)8-7(10)3-6-14-8/h3,6H,2,4-5H2,1H3. The molecule has 0 aliphatic heterocycles. The third-order valence-corrected chi connectivity index (χ3v) is 6.90. The summed E-state index contributed by atoms with van der Waals surface area (Å²) in [6, 6.07) is 1.75. The average molecular weight is 377 g/mol. The molecule has 0 bridgehead atoms. The van der Waals surface area contributed by atoms with E-state index >= 15 is 0 Å². The Hall–Kier alpha value is 0.570. The summed E-state index contributed by atoms with van der Waals surface area (Å²) in [4.78, 5) is 0. The van der Waals surface area contributed by atoms with E-state index in [0.717, 1.165) is 11.8 Å². The van der Waals surface area contributed by atoms with Crippen molar-refractivity contribution in [2.75, 3.05) is 18.9 Å². The highest BCUT2D eigenvalue weighted by Crippen LogP contribution is 2.29. The number of sulfonamides is 1. The predicted molar refractivity (Wildman–Crippen MR) is 70.2 cm³/mol. The molecule has 7 heteroatoms. The van der Waals surface area contributed by atoms with Crippen molar-refractivity contribution in [3.8, 4) is 0 Å². The third kappa shape index (κ3) is 3.26. The molecule has 0 aliphatic rings. The zero-order valence-corrected chi connectivity index (χ0v) is 12.9. The van der Waals surface area contributed by atoms with Gasteiger partial charge in [0.15, 0.2) is 0 Å². The third-order valence-electron chi connectivity index (χ3n) is 1.84. The van der Waals surface area contributed by atoms with Crippen LogP contribution in [0.1, 0.15) is 6.42 Å². The number of thiophene rings is 1. The van der Waals surface area contributed by atoms with E-state index in [9.17, 15) is 8.42 Å². The van der Waals surface area contributed by atoms with Crippen molar-refractivity contribution in [2.45, 2.75) is 10.6 Å². The molecule has 3 nitrogen and oxygen atoms in total. The highest BCUT2D eigenvalue weighted by Gasteiger charge is 2.23. The maximum Gasteiger partial charge on any atom is 0.253 e. The van der Waals surface area contributed by atoms with E-state index in [2.05, 4.69) is 31.9 Å². The maximum absolute atomic E-state index is 12.0. The molecule has 0 saturated heterocycles. The molecule has 1 rings (SSSR count). The minimum atomic E-state index is -3.31. The average Bonchev–Trinajstić information content (AvgIpc) is 2.61. The minimum absolute atomic E-state index is 0.375. The first-order valence-corrected chi connectivity index (χ1v) is 8.49. The normalized spacial score (nSPS) is 12.3. The summed E-state index contributed by atoms with van der Waals surface area (Å²) in [5, 5.41) is 2.56. The van der Waals surface area contributed by atoms with Crippen molar-refractivity contribution < 1.29 is 8.42 Å². The molecule has 0 fully saturated rings. The van der Waals surface area contributed by atoms with Crippen LogP contribution in [0.5, 0.6) is 0 Å². The zero-order chi connectivity index (χ0) is 11.5. The lowest BCUT2D eigenvalue weighted by molar-refractivity contribution is 0.471. The van der Waals surface area contributed by atoms with Crippen molar-refractivity contribution in [3.05, 3.63) is 15.9 Å². The van der Waals surface area contributed by atoms with Gasteiger partial charge in [-0.15, -0.1) is 11.3 Å². The van der Waals surface area contributed by atoms with Crippen LogP contribution >= 0.6 is 43.2 Å². The minimum Gasteiger partial charge on any atom is -0.206 e. The Bertz CT molecular complexity index is 416. The molecule has 1 heterocycles. The van der Waals surface area contributed by atoms with Gasteiger partial charge in [0.05, 0.1) is 0 Å². The summed E-state index contributed by atoms with van der Waals surface area (Å²) >= 11 is 7.74. The second kappa shape index (κ2) is 5.77. The Labute approximate surface area is 111 Å². The van der Waals surface area contributed by atoms with Gasteiger partial charge >= 0.3 is 0 Å². The fourth-order valence-electron chi connectivity index (χ4n) is 1.01. The van der Waals surface area contributed by atoms with Crippen molar-refractivity contribution in [1.82, 2.24) is 4.31 Å². The van der Waals surface area contributed by atoms with Gasteiger partial charge < -0.3 is 0 Å². The van der Waals surface area contributed by atoms with Crippen molar-refractivity contribution in [2.24, 2.45) is 0 Å². The molecule has 15 heavy (non-hydrogen) atoms. The second-order valence-electron chi connectivity index (χ2n) is 2.93. The van der Waals surface area contributed by atoms with Crippen LogP contribution in [0.3, 0.4) is 0 Å². The van der Waals surface area contributed by atoms with Crippen LogP contribution in [0.15, 0.2) is 20.1 Å². The van der Waals surface area contributed by atoms with Gasteiger partial charge in [-0.05, 0) is 33.8 Å². The van der Waals surface area contributed by atoms with Gasteiger partial charge in [-0.3, -0.25) is 0 Å². The van der Waals surface area contributed by atoms with Crippen LogP contribution < -0.4 is 0 Å². The lowest BCUT2D eigenvalue weighted by atomic mass is 10.5. The van der Waals surface area contributed by atoms with Gasteiger partial charge in [0.2, 0.25) is 0 Å². The molecule has 1 aromatic heterocycles. The topological polar surface area (TPSA) is 37.4 Å². The Kier molecular flexibility index (Phi) is 5.24. The number of halogens is 2. The largest absolute Gasteiger partial charge is 0.253 e. The number of alkyl halides is 1. The van der Waals surface area contributed by atoms with Gasteiger partial charge in [-0.1, -0.05) is 15.9 Å². The summed E-state index contributed by atoms with van der Waals surface area (Å²) in [5.74, 6) is 0. The summed E-state index contributed by atoms with van der Waals surface area (Å²) < 4.78 is 26.4. The molecule has 86 valence electrons. The molecule has 0 saturated carbocycles. The molecule has 0 spiro atoms. The molecule has 0 radical (unpaired) electrons. The van der Waals surface area contributed by atoms with Crippen LogP contribution in [0.2, 0.25) is 0 Å². The van der Waals surface area contributed by atoms with Crippen molar-refractivity contribution in [3.63, 3.8) is 0 Å². The first-order chi connectivity index (χ1) is 7.00. The predicted octanol–water partition coefficient (Wildman–Crippen LogP) is 2.92. The lowest BCUT2D eigenvalue weighted by Crippen LogP contribution is -2.27. The van der Waals surface area contributed by atoms with E-state index in [0.29, 0.717) is 15.2 Å². The zero-order valence-electron chi connectivity index (χ0n) is 8.11. The Morgan fingerprint density at radius 3 is 2.67 bits per heavy atom. The van der Waals surface area contributed by atoms with Crippen molar-refractivity contribution >= 4 is 53.2 Å². The Morgan fingerprint density at radius 1 is 1.53 bits per heavy atom. The first kappa shape index (κ1) is 13.6. The van der Waals surface area contributed by atoms with Crippen LogP contribution in [0.4, 0.5) is 0 Å². The quantitative estimate of drug-likeness (QED) is 0.741. The SMILES string of the molecule is CN(CCCBr)S(=O)(=O)c1sccc1Br. The lowest BCUT2D eigenvalue weighted by Gasteiger charge is -2.15. The van der Waals surface area contributed by atoms with Crippen LogP contribution in [-0.2, 0) is 10.0 Å². The van der Waals surface area contributed by atoms with Gasteiger partial charge in [0.25, 0.3) is 10.0 Å². The number of rotatable bonds is 5. The molecule has 0 N–H and O–H groups in total. The molecule has 0 atom stereocenters. The van der Waals surface area contributed by atoms with E-state index < -0.39 is 10.0 Å². The number of hydrogen-bond acceptors (Lipinski definition) is 3. The number of nitrogens with zero attached hydrogens (tertiary/aromatic N) is 1. The van der Waals surface area contributed by atoms with Crippen LogP contribution in [0.25, 0.3) is 0 Å². The monoisotopic (exact) mass is 375 g/mol. The number of hydrogen-bond donors (Lipinski definition) is 0. The summed E-state index contributed by atoms with van der Waals surface area (Å²) in [6.07, 6.45) is 0.804. The first-order valence-electron chi connectivity index (χ1n) is 4.25. The molecular formula is C8H11Br2NO2S2. The Balaban J connectivity index is 2.88. The Morgan fingerprint density at radius 2 is 2.20 bits per heavy atom. The smallest absolute Gasteiger partial charge is 0.206 e. The maximum atomic E-state index is 12.0. The molecule has 0 unspecified atom stereocenters. The van der Waals surface area contributed by atoms with E-state index in [4.69, 9.17) is 0 Å². The van der Waals surface area contributed by atoms with E-state index in [1.165, 1.54) is 15.6 Å². The summed E-state index contributed by atoms with van der Waals surface area (Å²) in [7, 11) is -1.71. The fourth-order valence-corrected chi connectivity index (χ4v) is 4.97. The molecule has 0 aromatic carbocycles. The highest BCUT2D eigenvalue weighted by atomic mass is 79.9. The van der Waals surface area contributed by atoms with E-state index in [1.807, 2.05) is 0 Å². The second-order valence-corrected chi connectivity index (χ2v) is 7.73. The van der Waals surface area contributed by atoms with E-state index in [-0.39, 0.29) is 0 Å².